The van der Waals surface area contributed by atoms with Gasteiger partial charge in [0.2, 0.25) is 0 Å². The lowest BCUT2D eigenvalue weighted by molar-refractivity contribution is 0.137. The van der Waals surface area contributed by atoms with Gasteiger partial charge in [-0.1, -0.05) is 84.9 Å². The maximum Gasteiger partial charge on any atom is 0.411 e. The number of nitrogens with one attached hydrogen (secondary N) is 2. The normalized spacial score (nSPS) is 10.7. The molecule has 0 aliphatic heterocycles. The molecule has 2 N–H and O–H groups in total. The Balaban J connectivity index is 1.24. The molecule has 0 atom stereocenters. The van der Waals surface area contributed by atoms with Gasteiger partial charge >= 0.3 is 12.2 Å². The van der Waals surface area contributed by atoms with Gasteiger partial charge in [0.1, 0.15) is 37.9 Å². The van der Waals surface area contributed by atoms with E-state index in [2.05, 4.69) is 10.6 Å². The Labute approximate surface area is 244 Å². The number of carbonyl (C=O) groups is 2. The van der Waals surface area contributed by atoms with Crippen LogP contribution in [0.3, 0.4) is 0 Å². The highest BCUT2D eigenvalue weighted by Crippen LogP contribution is 2.42. The zero-order chi connectivity index (χ0) is 29.3. The minimum absolute atomic E-state index is 0.0700. The van der Waals surface area contributed by atoms with Crippen LogP contribution in [0.25, 0.3) is 21.5 Å². The van der Waals surface area contributed by atoms with Crippen molar-refractivity contribution in [1.29, 1.82) is 0 Å². The Morgan fingerprint density at radius 1 is 0.500 bits per heavy atom. The Morgan fingerprint density at radius 3 is 1.19 bits per heavy atom. The highest BCUT2D eigenvalue weighted by Gasteiger charge is 2.16. The molecule has 0 bridgehead atoms. The molecule has 5 aromatic rings. The second-order valence-corrected chi connectivity index (χ2v) is 9.60. The van der Waals surface area contributed by atoms with Crippen LogP contribution in [0, 0.1) is 13.8 Å². The topological polar surface area (TPSA) is 95.1 Å². The molecule has 0 heterocycles. The molecule has 5 rings (SSSR count). The van der Waals surface area contributed by atoms with E-state index in [1.165, 1.54) is 0 Å². The van der Waals surface area contributed by atoms with Gasteiger partial charge in [0, 0.05) is 32.9 Å². The third-order valence-corrected chi connectivity index (χ3v) is 6.72. The Hall–Kier alpha value is -5.24. The molecular formula is C34H32N2O6. The standard InChI is InChI=1S/C34H32N2O6/c1-23-11-3-9-17-29(23)35-33(37)41-21-19-39-31-25-13-5-7-15-27(25)32(28-16-8-6-14-26(28)31)40-20-22-42-34(38)36-30-18-10-4-12-24(30)2/h3-18H,19-22H2,1-2H3,(H,35,37)(H,36,38). The van der Waals surface area contributed by atoms with E-state index in [0.29, 0.717) is 22.9 Å². The van der Waals surface area contributed by atoms with E-state index in [4.69, 9.17) is 18.9 Å². The van der Waals surface area contributed by atoms with E-state index >= 15 is 0 Å². The van der Waals surface area contributed by atoms with Crippen molar-refractivity contribution in [2.24, 2.45) is 0 Å². The molecular weight excluding hydrogens is 532 g/mol. The summed E-state index contributed by atoms with van der Waals surface area (Å²) in [5.74, 6) is 1.34. The van der Waals surface area contributed by atoms with Crippen molar-refractivity contribution < 1.29 is 28.5 Å². The summed E-state index contributed by atoms with van der Waals surface area (Å²) in [6.45, 7) is 4.30. The number of rotatable bonds is 10. The highest BCUT2D eigenvalue weighted by atomic mass is 16.6. The monoisotopic (exact) mass is 564 g/mol. The molecule has 0 aromatic heterocycles. The number of benzene rings is 5. The van der Waals surface area contributed by atoms with Gasteiger partial charge in [0.25, 0.3) is 0 Å². The first-order valence-corrected chi connectivity index (χ1v) is 13.7. The molecule has 0 saturated carbocycles. The summed E-state index contributed by atoms with van der Waals surface area (Å²) in [6, 6.07) is 30.6. The van der Waals surface area contributed by atoms with Gasteiger partial charge in [-0.15, -0.1) is 0 Å². The lowest BCUT2D eigenvalue weighted by Gasteiger charge is -2.18. The fraction of sp³-hybridized carbons (Fsp3) is 0.176. The van der Waals surface area contributed by atoms with Gasteiger partial charge in [-0.3, -0.25) is 10.6 Å². The second-order valence-electron chi connectivity index (χ2n) is 9.60. The largest absolute Gasteiger partial charge is 0.489 e. The van der Waals surface area contributed by atoms with Gasteiger partial charge in [-0.2, -0.15) is 0 Å². The molecule has 0 unspecified atom stereocenters. The summed E-state index contributed by atoms with van der Waals surface area (Å²) in [7, 11) is 0. The lowest BCUT2D eigenvalue weighted by Crippen LogP contribution is -2.18. The fourth-order valence-electron chi connectivity index (χ4n) is 4.63. The first-order valence-electron chi connectivity index (χ1n) is 13.7. The summed E-state index contributed by atoms with van der Waals surface area (Å²) in [4.78, 5) is 24.6. The van der Waals surface area contributed by atoms with Gasteiger partial charge < -0.3 is 18.9 Å². The van der Waals surface area contributed by atoms with Crippen LogP contribution in [-0.4, -0.2) is 38.6 Å². The van der Waals surface area contributed by atoms with E-state index in [9.17, 15) is 9.59 Å². The van der Waals surface area contributed by atoms with Crippen LogP contribution in [0.5, 0.6) is 11.5 Å². The van der Waals surface area contributed by atoms with E-state index in [-0.39, 0.29) is 26.4 Å². The van der Waals surface area contributed by atoms with Crippen molar-refractivity contribution in [2.75, 3.05) is 37.1 Å². The van der Waals surface area contributed by atoms with Crippen molar-refractivity contribution in [3.8, 4) is 11.5 Å². The number of anilines is 2. The SMILES string of the molecule is Cc1ccccc1NC(=O)OCCOc1c2ccccc2c(OCCOC(=O)Nc2ccccc2C)c2ccccc12. The summed E-state index contributed by atoms with van der Waals surface area (Å²) in [6.07, 6.45) is -1.08. The van der Waals surface area contributed by atoms with Crippen molar-refractivity contribution in [3.63, 3.8) is 0 Å². The first kappa shape index (κ1) is 28.3. The smallest absolute Gasteiger partial charge is 0.411 e. The average Bonchev–Trinajstić information content (AvgIpc) is 3.00. The van der Waals surface area contributed by atoms with E-state index < -0.39 is 12.2 Å². The number of aryl methyl sites for hydroxylation is 2. The lowest BCUT2D eigenvalue weighted by atomic mass is 10.0. The van der Waals surface area contributed by atoms with Crippen LogP contribution in [0.1, 0.15) is 11.1 Å². The molecule has 0 fully saturated rings. The zero-order valence-corrected chi connectivity index (χ0v) is 23.5. The number of hydrogen-bond acceptors (Lipinski definition) is 6. The third-order valence-electron chi connectivity index (χ3n) is 6.72. The van der Waals surface area contributed by atoms with E-state index in [0.717, 1.165) is 32.7 Å². The van der Waals surface area contributed by atoms with Crippen molar-refractivity contribution in [3.05, 3.63) is 108 Å². The van der Waals surface area contributed by atoms with Crippen LogP contribution in [0.2, 0.25) is 0 Å². The fourth-order valence-corrected chi connectivity index (χ4v) is 4.63. The third kappa shape index (κ3) is 6.72. The summed E-state index contributed by atoms with van der Waals surface area (Å²) >= 11 is 0. The molecule has 0 spiro atoms. The van der Waals surface area contributed by atoms with Crippen LogP contribution in [0.4, 0.5) is 21.0 Å². The van der Waals surface area contributed by atoms with Crippen LogP contribution >= 0.6 is 0 Å². The van der Waals surface area contributed by atoms with Crippen molar-refractivity contribution >= 4 is 45.1 Å². The van der Waals surface area contributed by atoms with Gasteiger partial charge in [0.05, 0.1) is 0 Å². The number of carbonyl (C=O) groups excluding carboxylic acids is 2. The number of fused-ring (bicyclic) bond motifs is 2. The first-order chi connectivity index (χ1) is 20.5. The number of hydrogen-bond donors (Lipinski definition) is 2. The molecule has 0 aliphatic rings. The average molecular weight is 565 g/mol. The Kier molecular flexibility index (Phi) is 9.03. The van der Waals surface area contributed by atoms with E-state index in [1.54, 1.807) is 0 Å². The van der Waals surface area contributed by atoms with Gasteiger partial charge in [-0.05, 0) is 37.1 Å². The predicted molar refractivity (Wildman–Crippen MR) is 165 cm³/mol. The highest BCUT2D eigenvalue weighted by molar-refractivity contribution is 6.11. The van der Waals surface area contributed by atoms with Gasteiger partial charge in [0.15, 0.2) is 0 Å². The predicted octanol–water partition coefficient (Wildman–Crippen LogP) is 7.86. The maximum absolute atomic E-state index is 12.3. The molecule has 214 valence electrons. The number of amides is 2. The second kappa shape index (κ2) is 13.4. The Morgan fingerprint density at radius 2 is 0.833 bits per heavy atom. The quantitative estimate of drug-likeness (QED) is 0.132. The molecule has 0 radical (unpaired) electrons. The van der Waals surface area contributed by atoms with Gasteiger partial charge in [-0.25, -0.2) is 9.59 Å². The molecule has 0 aliphatic carbocycles. The molecule has 2 amide bonds. The zero-order valence-electron chi connectivity index (χ0n) is 23.5. The van der Waals surface area contributed by atoms with Crippen molar-refractivity contribution in [1.82, 2.24) is 0 Å². The summed E-state index contributed by atoms with van der Waals surface area (Å²) in [5, 5.41) is 8.93. The number of para-hydroxylation sites is 2. The maximum atomic E-state index is 12.3. The van der Waals surface area contributed by atoms with Crippen LogP contribution in [0.15, 0.2) is 97.1 Å². The van der Waals surface area contributed by atoms with Crippen LogP contribution < -0.4 is 20.1 Å². The molecule has 42 heavy (non-hydrogen) atoms. The minimum atomic E-state index is -0.541. The molecule has 5 aromatic carbocycles. The number of ether oxygens (including phenoxy) is 4. The molecule has 0 saturated heterocycles. The molecule has 8 heteroatoms. The van der Waals surface area contributed by atoms with E-state index in [1.807, 2.05) is 111 Å². The van der Waals surface area contributed by atoms with Crippen LogP contribution in [-0.2, 0) is 9.47 Å². The summed E-state index contributed by atoms with van der Waals surface area (Å²) < 4.78 is 23.1. The Bertz CT molecular complexity index is 1540. The van der Waals surface area contributed by atoms with Crippen molar-refractivity contribution in [2.45, 2.75) is 13.8 Å². The molecule has 8 nitrogen and oxygen atoms in total. The minimum Gasteiger partial charge on any atom is -0.489 e. The summed E-state index contributed by atoms with van der Waals surface area (Å²) in [5.41, 5.74) is 3.30.